The van der Waals surface area contributed by atoms with Gasteiger partial charge in [0.05, 0.1) is 5.69 Å². The first kappa shape index (κ1) is 13.7. The maximum Gasteiger partial charge on any atom is 0.126 e. The summed E-state index contributed by atoms with van der Waals surface area (Å²) >= 11 is 4.93. The summed E-state index contributed by atoms with van der Waals surface area (Å²) < 4.78 is 1.03. The van der Waals surface area contributed by atoms with Crippen LogP contribution >= 0.6 is 27.7 Å². The second kappa shape index (κ2) is 5.95. The van der Waals surface area contributed by atoms with Crippen molar-refractivity contribution in [1.82, 2.24) is 4.98 Å². The number of pyridine rings is 1. The summed E-state index contributed by atoms with van der Waals surface area (Å²) in [6.45, 7) is 0. The van der Waals surface area contributed by atoms with E-state index in [1.54, 1.807) is 0 Å². The molecule has 0 aliphatic heterocycles. The van der Waals surface area contributed by atoms with E-state index in [2.05, 4.69) is 27.0 Å². The molecule has 2 aromatic rings. The van der Waals surface area contributed by atoms with Gasteiger partial charge >= 0.3 is 0 Å². The number of benzene rings is 1. The van der Waals surface area contributed by atoms with Gasteiger partial charge in [-0.3, -0.25) is 0 Å². The summed E-state index contributed by atoms with van der Waals surface area (Å²) in [5, 5.41) is 9.67. The summed E-state index contributed by atoms with van der Waals surface area (Å²) in [4.78, 5) is 4.17. The number of thioether (sulfide) groups is 1. The van der Waals surface area contributed by atoms with Gasteiger partial charge < -0.3 is 11.5 Å². The molecule has 1 aromatic heterocycles. The molecule has 4 N–H and O–H groups in total. The average Bonchev–Trinajstić information content (AvgIpc) is 2.37. The van der Waals surface area contributed by atoms with Crippen molar-refractivity contribution in [1.29, 1.82) is 5.26 Å². The number of hydrogen-bond acceptors (Lipinski definition) is 5. The standard InChI is InChI=1S/C13H11BrN4S/c14-10-4-2-1-3-8(10)7-19-13-9(6-15)11(16)5-12(17)18-13/h1-5H,7H2,(H4,16,17,18). The van der Waals surface area contributed by atoms with Gasteiger partial charge in [-0.15, -0.1) is 11.8 Å². The number of nitriles is 1. The van der Waals surface area contributed by atoms with E-state index in [1.165, 1.54) is 17.8 Å². The molecule has 1 aromatic carbocycles. The van der Waals surface area contributed by atoms with E-state index in [-0.39, 0.29) is 0 Å². The maximum absolute atomic E-state index is 9.11. The number of rotatable bonds is 3. The van der Waals surface area contributed by atoms with Crippen LogP contribution in [0.1, 0.15) is 11.1 Å². The van der Waals surface area contributed by atoms with Gasteiger partial charge in [-0.25, -0.2) is 4.98 Å². The molecule has 0 amide bonds. The number of halogens is 1. The van der Waals surface area contributed by atoms with Crippen molar-refractivity contribution in [3.63, 3.8) is 0 Å². The zero-order valence-corrected chi connectivity index (χ0v) is 12.3. The second-order valence-corrected chi connectivity index (χ2v) is 5.63. The van der Waals surface area contributed by atoms with E-state index < -0.39 is 0 Å². The van der Waals surface area contributed by atoms with Crippen molar-refractivity contribution in [3.8, 4) is 6.07 Å². The third kappa shape index (κ3) is 3.19. The maximum atomic E-state index is 9.11. The molecule has 0 bridgehead atoms. The molecule has 96 valence electrons. The first-order valence-electron chi connectivity index (χ1n) is 5.44. The van der Waals surface area contributed by atoms with Crippen molar-refractivity contribution in [2.24, 2.45) is 0 Å². The van der Waals surface area contributed by atoms with Crippen molar-refractivity contribution < 1.29 is 0 Å². The predicted octanol–water partition coefficient (Wildman–Crippen LogP) is 3.17. The second-order valence-electron chi connectivity index (χ2n) is 3.81. The molecule has 0 unspecified atom stereocenters. The highest BCUT2D eigenvalue weighted by Gasteiger charge is 2.11. The van der Waals surface area contributed by atoms with Gasteiger partial charge in [0, 0.05) is 16.3 Å². The molecule has 4 nitrogen and oxygen atoms in total. The van der Waals surface area contributed by atoms with Crippen molar-refractivity contribution in [2.45, 2.75) is 10.8 Å². The van der Waals surface area contributed by atoms with E-state index in [9.17, 15) is 0 Å². The zero-order valence-electron chi connectivity index (χ0n) is 9.93. The number of nitrogens with two attached hydrogens (primary N) is 2. The van der Waals surface area contributed by atoms with Crippen LogP contribution in [0.5, 0.6) is 0 Å². The Balaban J connectivity index is 2.25. The van der Waals surface area contributed by atoms with Gasteiger partial charge in [-0.2, -0.15) is 5.26 Å². The van der Waals surface area contributed by atoms with Gasteiger partial charge in [0.2, 0.25) is 0 Å². The van der Waals surface area contributed by atoms with E-state index in [4.69, 9.17) is 16.7 Å². The molecule has 0 atom stereocenters. The summed E-state index contributed by atoms with van der Waals surface area (Å²) in [7, 11) is 0. The number of aromatic nitrogens is 1. The number of nitrogen functional groups attached to an aromatic ring is 2. The molecule has 0 aliphatic carbocycles. The lowest BCUT2D eigenvalue weighted by atomic mass is 10.2. The lowest BCUT2D eigenvalue weighted by Gasteiger charge is -2.07. The van der Waals surface area contributed by atoms with Crippen molar-refractivity contribution in [2.75, 3.05) is 11.5 Å². The van der Waals surface area contributed by atoms with Gasteiger partial charge in [-0.05, 0) is 11.6 Å². The van der Waals surface area contributed by atoms with Crippen LogP contribution in [0.3, 0.4) is 0 Å². The van der Waals surface area contributed by atoms with Crippen LogP contribution in [-0.4, -0.2) is 4.98 Å². The van der Waals surface area contributed by atoms with Crippen LogP contribution < -0.4 is 11.5 Å². The summed E-state index contributed by atoms with van der Waals surface area (Å²) in [5.41, 5.74) is 13.3. The lowest BCUT2D eigenvalue weighted by molar-refractivity contribution is 1.12. The topological polar surface area (TPSA) is 88.7 Å². The summed E-state index contributed by atoms with van der Waals surface area (Å²) in [6.07, 6.45) is 0. The van der Waals surface area contributed by atoms with Gasteiger partial charge in [-0.1, -0.05) is 34.1 Å². The molecule has 0 fully saturated rings. The Labute approximate surface area is 124 Å². The minimum Gasteiger partial charge on any atom is -0.397 e. The van der Waals surface area contributed by atoms with E-state index >= 15 is 0 Å². The largest absolute Gasteiger partial charge is 0.397 e. The van der Waals surface area contributed by atoms with E-state index in [1.807, 2.05) is 24.3 Å². The van der Waals surface area contributed by atoms with Gasteiger partial charge in [0.1, 0.15) is 22.5 Å². The molecule has 0 saturated heterocycles. The molecule has 1 heterocycles. The minimum absolute atomic E-state index is 0.325. The minimum atomic E-state index is 0.325. The molecule has 2 rings (SSSR count). The van der Waals surface area contributed by atoms with Crippen molar-refractivity contribution in [3.05, 3.63) is 45.9 Å². The van der Waals surface area contributed by atoms with Gasteiger partial charge in [0.25, 0.3) is 0 Å². The Morgan fingerprint density at radius 2 is 2.05 bits per heavy atom. The highest BCUT2D eigenvalue weighted by molar-refractivity contribution is 9.10. The van der Waals surface area contributed by atoms with Crippen LogP contribution in [-0.2, 0) is 5.75 Å². The van der Waals surface area contributed by atoms with E-state index in [0.29, 0.717) is 27.8 Å². The molecule has 0 radical (unpaired) electrons. The Morgan fingerprint density at radius 1 is 1.32 bits per heavy atom. The molecule has 0 aliphatic rings. The number of anilines is 2. The van der Waals surface area contributed by atoms with Gasteiger partial charge in [0.15, 0.2) is 0 Å². The van der Waals surface area contributed by atoms with Crippen LogP contribution in [0.4, 0.5) is 11.5 Å². The van der Waals surface area contributed by atoms with Crippen LogP contribution in [0.15, 0.2) is 39.8 Å². The Bertz CT molecular complexity index is 652. The quantitative estimate of drug-likeness (QED) is 0.841. The fraction of sp³-hybridized carbons (Fsp3) is 0.0769. The molecular formula is C13H11BrN4S. The third-order valence-electron chi connectivity index (χ3n) is 2.47. The van der Waals surface area contributed by atoms with Crippen LogP contribution in [0.2, 0.25) is 0 Å². The SMILES string of the molecule is N#Cc1c(N)cc(N)nc1SCc1ccccc1Br. The molecular weight excluding hydrogens is 324 g/mol. The first-order chi connectivity index (χ1) is 9.11. The fourth-order valence-electron chi connectivity index (χ4n) is 1.54. The molecule has 6 heteroatoms. The molecule has 19 heavy (non-hydrogen) atoms. The van der Waals surface area contributed by atoms with E-state index in [0.717, 1.165) is 10.0 Å². The third-order valence-corrected chi connectivity index (χ3v) is 4.27. The number of hydrogen-bond donors (Lipinski definition) is 2. The molecule has 0 saturated carbocycles. The normalized spacial score (nSPS) is 10.1. The lowest BCUT2D eigenvalue weighted by Crippen LogP contribution is -2.00. The Morgan fingerprint density at radius 3 is 2.74 bits per heavy atom. The van der Waals surface area contributed by atoms with Crippen molar-refractivity contribution >= 4 is 39.2 Å². The van der Waals surface area contributed by atoms with Crippen LogP contribution in [0, 0.1) is 11.3 Å². The predicted molar refractivity (Wildman–Crippen MR) is 81.5 cm³/mol. The fourth-order valence-corrected chi connectivity index (χ4v) is 3.17. The monoisotopic (exact) mass is 334 g/mol. The average molecular weight is 335 g/mol. The zero-order chi connectivity index (χ0) is 13.8. The Kier molecular flexibility index (Phi) is 4.30. The summed E-state index contributed by atoms with van der Waals surface area (Å²) in [6, 6.07) is 11.5. The highest BCUT2D eigenvalue weighted by atomic mass is 79.9. The highest BCUT2D eigenvalue weighted by Crippen LogP contribution is 2.30. The summed E-state index contributed by atoms with van der Waals surface area (Å²) in [5.74, 6) is 1.01. The van der Waals surface area contributed by atoms with Crippen LogP contribution in [0.25, 0.3) is 0 Å². The smallest absolute Gasteiger partial charge is 0.126 e. The number of nitrogens with zero attached hydrogens (tertiary/aromatic N) is 2. The first-order valence-corrected chi connectivity index (χ1v) is 7.22. The molecule has 0 spiro atoms. The Hall–Kier alpha value is -1.71.